The lowest BCUT2D eigenvalue weighted by molar-refractivity contribution is -0.137. The van der Waals surface area contributed by atoms with Crippen molar-refractivity contribution in [3.63, 3.8) is 0 Å². The van der Waals surface area contributed by atoms with Gasteiger partial charge in [-0.15, -0.1) is 0 Å². The van der Waals surface area contributed by atoms with Gasteiger partial charge >= 0.3 is 6.18 Å². The number of para-hydroxylation sites is 1. The number of benzene rings is 2. The highest BCUT2D eigenvalue weighted by Crippen LogP contribution is 2.35. The summed E-state index contributed by atoms with van der Waals surface area (Å²) in [5, 5.41) is 8.21. The van der Waals surface area contributed by atoms with Gasteiger partial charge in [0.05, 0.1) is 17.9 Å². The van der Waals surface area contributed by atoms with E-state index in [0.717, 1.165) is 5.56 Å². The minimum absolute atomic E-state index is 0.0855. The van der Waals surface area contributed by atoms with Crippen LogP contribution in [0, 0.1) is 0 Å². The Morgan fingerprint density at radius 1 is 1.14 bits per heavy atom. The molecule has 2 aromatic carbocycles. The summed E-state index contributed by atoms with van der Waals surface area (Å²) in [6.07, 6.45) is -3.85. The number of amides is 1. The Bertz CT molecular complexity index is 1380. The Morgan fingerprint density at radius 2 is 1.91 bits per heavy atom. The molecule has 9 nitrogen and oxygen atoms in total. The van der Waals surface area contributed by atoms with Crippen molar-refractivity contribution in [3.8, 4) is 0 Å². The fourth-order valence-electron chi connectivity index (χ4n) is 3.41. The van der Waals surface area contributed by atoms with Gasteiger partial charge in [0.25, 0.3) is 0 Å². The average molecular weight is 507 g/mol. The van der Waals surface area contributed by atoms with Crippen LogP contribution < -0.4 is 20.7 Å². The maximum atomic E-state index is 13.6. The van der Waals surface area contributed by atoms with Gasteiger partial charge in [-0.2, -0.15) is 18.2 Å². The van der Waals surface area contributed by atoms with Gasteiger partial charge in [0, 0.05) is 24.1 Å². The van der Waals surface area contributed by atoms with Crippen LogP contribution in [0.25, 0.3) is 0 Å². The second-order valence-corrected chi connectivity index (χ2v) is 9.70. The van der Waals surface area contributed by atoms with Crippen molar-refractivity contribution < 1.29 is 26.4 Å². The summed E-state index contributed by atoms with van der Waals surface area (Å²) in [5.74, 6) is -0.851. The summed E-state index contributed by atoms with van der Waals surface area (Å²) in [4.78, 5) is 19.3. The molecule has 0 saturated carbocycles. The van der Waals surface area contributed by atoms with Crippen molar-refractivity contribution in [3.05, 3.63) is 65.4 Å². The molecule has 1 amide bonds. The van der Waals surface area contributed by atoms with E-state index in [2.05, 4.69) is 30.6 Å². The molecule has 1 aromatic heterocycles. The van der Waals surface area contributed by atoms with Crippen molar-refractivity contribution in [2.75, 3.05) is 26.4 Å². The largest absolute Gasteiger partial charge is 0.421 e. The molecule has 0 aliphatic carbocycles. The molecule has 13 heteroatoms. The molecule has 0 fully saturated rings. The van der Waals surface area contributed by atoms with E-state index in [0.29, 0.717) is 23.1 Å². The molecule has 1 aliphatic rings. The number of carbonyl (C=O) groups excluding carboxylic acids is 1. The molecule has 0 bridgehead atoms. The molecule has 0 unspecified atom stereocenters. The van der Waals surface area contributed by atoms with Crippen LogP contribution in [0.15, 0.2) is 48.7 Å². The Balaban J connectivity index is 1.58. The molecular weight excluding hydrogens is 485 g/mol. The molecule has 4 rings (SSSR count). The van der Waals surface area contributed by atoms with Gasteiger partial charge in [-0.05, 0) is 42.3 Å². The predicted octanol–water partition coefficient (Wildman–Crippen LogP) is 4.11. The second kappa shape index (κ2) is 9.41. The first-order valence-electron chi connectivity index (χ1n) is 10.5. The number of carbonyl (C=O) groups is 1. The summed E-state index contributed by atoms with van der Waals surface area (Å²) >= 11 is 0. The van der Waals surface area contributed by atoms with E-state index in [1.807, 2.05) is 0 Å². The smallest absolute Gasteiger partial charge is 0.365 e. The monoisotopic (exact) mass is 506 g/mol. The number of anilines is 5. The van der Waals surface area contributed by atoms with Crippen molar-refractivity contribution in [2.24, 2.45) is 0 Å². The quantitative estimate of drug-likeness (QED) is 0.362. The van der Waals surface area contributed by atoms with Crippen LogP contribution in [-0.2, 0) is 34.0 Å². The zero-order valence-electron chi connectivity index (χ0n) is 18.4. The van der Waals surface area contributed by atoms with Crippen LogP contribution in [0.1, 0.15) is 23.6 Å². The minimum atomic E-state index is -4.72. The second-order valence-electron chi connectivity index (χ2n) is 7.69. The Kier molecular flexibility index (Phi) is 6.52. The predicted molar refractivity (Wildman–Crippen MR) is 126 cm³/mol. The lowest BCUT2D eigenvalue weighted by Crippen LogP contribution is -2.17. The first-order valence-corrected chi connectivity index (χ1v) is 12.2. The van der Waals surface area contributed by atoms with Gasteiger partial charge < -0.3 is 16.0 Å². The SMILES string of the molecule is CCS(=O)(=O)Nc1ccccc1CNc1nc(Nc2ccc3c(c2)CC(=O)N3)ncc1C(F)(F)F. The lowest BCUT2D eigenvalue weighted by Gasteiger charge is -2.16. The molecule has 35 heavy (non-hydrogen) atoms. The molecule has 0 spiro atoms. The Labute approximate surface area is 199 Å². The summed E-state index contributed by atoms with van der Waals surface area (Å²) in [5.41, 5.74) is 1.54. The number of nitrogens with one attached hydrogen (secondary N) is 4. The van der Waals surface area contributed by atoms with Crippen molar-refractivity contribution in [2.45, 2.75) is 26.1 Å². The highest BCUT2D eigenvalue weighted by molar-refractivity contribution is 7.92. The Hall–Kier alpha value is -3.87. The molecule has 3 aromatic rings. The number of sulfonamides is 1. The zero-order chi connectivity index (χ0) is 25.2. The fourth-order valence-corrected chi connectivity index (χ4v) is 4.09. The number of fused-ring (bicyclic) bond motifs is 1. The number of hydrogen-bond acceptors (Lipinski definition) is 7. The maximum Gasteiger partial charge on any atom is 0.421 e. The maximum absolute atomic E-state index is 13.6. The summed E-state index contributed by atoms with van der Waals surface area (Å²) < 4.78 is 67.1. The van der Waals surface area contributed by atoms with E-state index in [1.54, 1.807) is 36.4 Å². The first-order chi connectivity index (χ1) is 16.5. The molecule has 0 saturated heterocycles. The topological polar surface area (TPSA) is 125 Å². The van der Waals surface area contributed by atoms with E-state index >= 15 is 0 Å². The van der Waals surface area contributed by atoms with Gasteiger partial charge in [-0.3, -0.25) is 9.52 Å². The fraction of sp³-hybridized carbons (Fsp3) is 0.227. The van der Waals surface area contributed by atoms with Crippen LogP contribution in [0.3, 0.4) is 0 Å². The van der Waals surface area contributed by atoms with Crippen LogP contribution in [-0.4, -0.2) is 30.0 Å². The van der Waals surface area contributed by atoms with E-state index in [1.165, 1.54) is 13.0 Å². The van der Waals surface area contributed by atoms with E-state index in [-0.39, 0.29) is 36.3 Å². The third kappa shape index (κ3) is 5.80. The molecular formula is C22H21F3N6O3S. The van der Waals surface area contributed by atoms with Crippen molar-refractivity contribution in [1.82, 2.24) is 9.97 Å². The number of nitrogens with zero attached hydrogens (tertiary/aromatic N) is 2. The molecule has 0 atom stereocenters. The van der Waals surface area contributed by atoms with Crippen LogP contribution in [0.2, 0.25) is 0 Å². The molecule has 184 valence electrons. The standard InChI is InChI=1S/C22H21F3N6O3S/c1-2-35(33,34)31-18-6-4-3-5-13(18)11-26-20-16(22(23,24)25)12-27-21(30-20)28-15-7-8-17-14(9-15)10-19(32)29-17/h3-9,12,31H,2,10-11H2,1H3,(H,29,32)(H2,26,27,28,30). The van der Waals surface area contributed by atoms with E-state index in [4.69, 9.17) is 0 Å². The molecule has 2 heterocycles. The van der Waals surface area contributed by atoms with Crippen molar-refractivity contribution >= 4 is 44.8 Å². The highest BCUT2D eigenvalue weighted by Gasteiger charge is 2.35. The van der Waals surface area contributed by atoms with Crippen LogP contribution in [0.5, 0.6) is 0 Å². The molecule has 4 N–H and O–H groups in total. The Morgan fingerprint density at radius 3 is 2.66 bits per heavy atom. The normalized spacial score (nSPS) is 13.2. The summed E-state index contributed by atoms with van der Waals surface area (Å²) in [7, 11) is -3.58. The van der Waals surface area contributed by atoms with Gasteiger partial charge in [0.1, 0.15) is 11.4 Å². The van der Waals surface area contributed by atoms with Crippen molar-refractivity contribution in [1.29, 1.82) is 0 Å². The van der Waals surface area contributed by atoms with Crippen LogP contribution >= 0.6 is 0 Å². The van der Waals surface area contributed by atoms with Gasteiger partial charge in [0.2, 0.25) is 21.9 Å². The third-order valence-corrected chi connectivity index (χ3v) is 6.48. The molecule has 0 radical (unpaired) electrons. The number of alkyl halides is 3. The lowest BCUT2D eigenvalue weighted by atomic mass is 10.1. The molecule has 1 aliphatic heterocycles. The first kappa shape index (κ1) is 24.3. The number of hydrogen-bond donors (Lipinski definition) is 4. The third-order valence-electron chi connectivity index (χ3n) is 5.19. The summed E-state index contributed by atoms with van der Waals surface area (Å²) in [6, 6.07) is 11.4. The number of rotatable bonds is 8. The van der Waals surface area contributed by atoms with E-state index in [9.17, 15) is 26.4 Å². The van der Waals surface area contributed by atoms with E-state index < -0.39 is 27.6 Å². The number of aromatic nitrogens is 2. The van der Waals surface area contributed by atoms with Crippen LogP contribution in [0.4, 0.5) is 42.0 Å². The van der Waals surface area contributed by atoms with Gasteiger partial charge in [-0.1, -0.05) is 18.2 Å². The zero-order valence-corrected chi connectivity index (χ0v) is 19.2. The van der Waals surface area contributed by atoms with Gasteiger partial charge in [0.15, 0.2) is 0 Å². The number of halogens is 3. The minimum Gasteiger partial charge on any atom is -0.365 e. The highest BCUT2D eigenvalue weighted by atomic mass is 32.2. The average Bonchev–Trinajstić information content (AvgIpc) is 3.17. The summed E-state index contributed by atoms with van der Waals surface area (Å²) in [6.45, 7) is 1.35. The van der Waals surface area contributed by atoms with Gasteiger partial charge in [-0.25, -0.2) is 13.4 Å².